The second-order valence-corrected chi connectivity index (χ2v) is 16.3. The molecule has 2 saturated heterocycles. The maximum absolute atomic E-state index is 11.0. The number of benzene rings is 4. The Labute approximate surface area is 307 Å². The average Bonchev–Trinajstić information content (AvgIpc) is 3.83. The first-order valence-electron chi connectivity index (χ1n) is 18.9. The molecular weight excluding hydrogens is 652 g/mol. The van der Waals surface area contributed by atoms with Crippen molar-refractivity contribution < 1.29 is 30.6 Å². The van der Waals surface area contributed by atoms with E-state index in [9.17, 15) is 30.6 Å². The van der Waals surface area contributed by atoms with E-state index in [1.165, 1.54) is 11.1 Å². The summed E-state index contributed by atoms with van der Waals surface area (Å²) in [6, 6.07) is 34.0. The van der Waals surface area contributed by atoms with Crippen LogP contribution in [0, 0.1) is 23.7 Å². The molecule has 0 aromatic heterocycles. The summed E-state index contributed by atoms with van der Waals surface area (Å²) in [6.07, 6.45) is 3.76. The molecule has 6 N–H and O–H groups in total. The number of likely N-dealkylation sites (tertiary alicyclic amines) is 2. The van der Waals surface area contributed by atoms with Gasteiger partial charge in [-0.15, -0.1) is 0 Å². The van der Waals surface area contributed by atoms with E-state index >= 15 is 0 Å². The van der Waals surface area contributed by atoms with Crippen LogP contribution in [0.3, 0.4) is 0 Å². The molecular formula is C44H54N2O6. The monoisotopic (exact) mass is 706 g/mol. The van der Waals surface area contributed by atoms with Crippen LogP contribution in [0.5, 0.6) is 11.5 Å². The van der Waals surface area contributed by atoms with Gasteiger partial charge in [0.25, 0.3) is 0 Å². The first-order chi connectivity index (χ1) is 25.0. The van der Waals surface area contributed by atoms with Crippen molar-refractivity contribution >= 4 is 0 Å². The van der Waals surface area contributed by atoms with Crippen molar-refractivity contribution in [1.82, 2.24) is 9.80 Å². The number of hydrogen-bond donors (Lipinski definition) is 6. The number of rotatable bonds is 10. The van der Waals surface area contributed by atoms with Gasteiger partial charge >= 0.3 is 0 Å². The second kappa shape index (κ2) is 15.7. The van der Waals surface area contributed by atoms with E-state index in [2.05, 4.69) is 34.1 Å². The van der Waals surface area contributed by atoms with Gasteiger partial charge in [-0.3, -0.25) is 9.80 Å². The molecule has 276 valence electrons. The lowest BCUT2D eigenvalue weighted by molar-refractivity contribution is 0.0322. The molecule has 2 saturated carbocycles. The Balaban J connectivity index is 0.000000162. The molecule has 4 aromatic rings. The molecule has 2 heterocycles. The Bertz CT molecular complexity index is 1560. The van der Waals surface area contributed by atoms with E-state index in [0.29, 0.717) is 36.8 Å². The number of phenols is 2. The molecule has 2 aliphatic heterocycles. The normalized spacial score (nSPS) is 29.6. The third-order valence-electron chi connectivity index (χ3n) is 12.0. The third kappa shape index (κ3) is 9.05. The first kappa shape index (κ1) is 36.6. The van der Waals surface area contributed by atoms with Crippen molar-refractivity contribution in [3.63, 3.8) is 0 Å². The quantitative estimate of drug-likeness (QED) is 0.128. The van der Waals surface area contributed by atoms with Crippen LogP contribution in [-0.4, -0.2) is 90.9 Å². The molecule has 0 spiro atoms. The van der Waals surface area contributed by atoms with Crippen LogP contribution < -0.4 is 0 Å². The summed E-state index contributed by atoms with van der Waals surface area (Å²) in [5.41, 5.74) is 2.90. The Morgan fingerprint density at radius 1 is 0.481 bits per heavy atom. The number of phenolic OH excluding ortho intramolecular Hbond substituents is 2. The zero-order chi connectivity index (χ0) is 36.3. The lowest BCUT2D eigenvalue weighted by Gasteiger charge is -2.27. The smallest absolute Gasteiger partial charge is 0.115 e. The van der Waals surface area contributed by atoms with Gasteiger partial charge in [-0.25, -0.2) is 0 Å². The van der Waals surface area contributed by atoms with Crippen molar-refractivity contribution in [2.24, 2.45) is 23.7 Å². The molecule has 4 aromatic carbocycles. The Kier molecular flexibility index (Phi) is 11.0. The standard InChI is InChI=1S/2C22H27NO3/c2*24-20-8-6-17(7-9-20)21(25)15-23-13-18-11-22(26,12-19(18)14-23)10-16-4-2-1-3-5-16/h2*1-9,18-19,21,24-26H,10-15H2/t2*18-,19+,21-,22?/m10/s1. The number of fused-ring (bicyclic) bond motifs is 2. The number of aliphatic hydroxyl groups excluding tert-OH is 2. The zero-order valence-electron chi connectivity index (χ0n) is 29.9. The average molecular weight is 707 g/mol. The maximum Gasteiger partial charge on any atom is 0.115 e. The van der Waals surface area contributed by atoms with E-state index < -0.39 is 23.4 Å². The Morgan fingerprint density at radius 3 is 1.10 bits per heavy atom. The van der Waals surface area contributed by atoms with Crippen LogP contribution in [0.15, 0.2) is 109 Å². The van der Waals surface area contributed by atoms with Crippen molar-refractivity contribution in [2.75, 3.05) is 39.3 Å². The summed E-state index contributed by atoms with van der Waals surface area (Å²) in [6.45, 7) is 4.98. The van der Waals surface area contributed by atoms with E-state index in [4.69, 9.17) is 0 Å². The number of β-amino-alcohol motifs (C(OH)–C–C–N with tert-alkyl or cyclic N) is 2. The summed E-state index contributed by atoms with van der Waals surface area (Å²) >= 11 is 0. The molecule has 2 aliphatic carbocycles. The minimum Gasteiger partial charge on any atom is -0.508 e. The molecule has 8 atom stereocenters. The van der Waals surface area contributed by atoms with Gasteiger partial charge in [0.15, 0.2) is 0 Å². The summed E-state index contributed by atoms with van der Waals surface area (Å²) in [7, 11) is 0. The third-order valence-corrected chi connectivity index (χ3v) is 12.0. The fourth-order valence-electron chi connectivity index (χ4n) is 9.75. The summed E-state index contributed by atoms with van der Waals surface area (Å²) in [5, 5.41) is 61.7. The van der Waals surface area contributed by atoms with E-state index in [-0.39, 0.29) is 11.5 Å². The van der Waals surface area contributed by atoms with Crippen molar-refractivity contribution in [1.29, 1.82) is 0 Å². The Hall–Kier alpha value is -3.76. The van der Waals surface area contributed by atoms with Crippen LogP contribution >= 0.6 is 0 Å². The van der Waals surface area contributed by atoms with E-state index in [1.807, 2.05) is 36.4 Å². The van der Waals surface area contributed by atoms with Crippen LogP contribution in [0.2, 0.25) is 0 Å². The highest BCUT2D eigenvalue weighted by atomic mass is 16.3. The predicted molar refractivity (Wildman–Crippen MR) is 202 cm³/mol. The number of hydrogen-bond acceptors (Lipinski definition) is 8. The molecule has 0 amide bonds. The molecule has 8 nitrogen and oxygen atoms in total. The zero-order valence-corrected chi connectivity index (χ0v) is 29.9. The highest BCUT2D eigenvalue weighted by Gasteiger charge is 2.49. The van der Waals surface area contributed by atoms with Crippen molar-refractivity contribution in [2.45, 2.75) is 61.9 Å². The topological polar surface area (TPSA) is 128 Å². The molecule has 52 heavy (non-hydrogen) atoms. The van der Waals surface area contributed by atoms with Gasteiger partial charge in [-0.1, -0.05) is 84.9 Å². The van der Waals surface area contributed by atoms with Gasteiger partial charge in [0, 0.05) is 52.1 Å². The molecule has 8 heteroatoms. The molecule has 4 fully saturated rings. The minimum atomic E-state index is -0.585. The second-order valence-electron chi connectivity index (χ2n) is 16.3. The molecule has 0 bridgehead atoms. The molecule has 8 rings (SSSR count). The highest BCUT2D eigenvalue weighted by Crippen LogP contribution is 2.47. The predicted octanol–water partition coefficient (Wildman–Crippen LogP) is 5.48. The van der Waals surface area contributed by atoms with E-state index in [1.54, 1.807) is 48.5 Å². The van der Waals surface area contributed by atoms with Gasteiger partial charge in [0.2, 0.25) is 0 Å². The van der Waals surface area contributed by atoms with Gasteiger partial charge in [-0.05, 0) is 95.9 Å². The lowest BCUT2D eigenvalue weighted by Crippen LogP contribution is -2.33. The van der Waals surface area contributed by atoms with Crippen molar-refractivity contribution in [3.05, 3.63) is 131 Å². The van der Waals surface area contributed by atoms with Crippen molar-refractivity contribution in [3.8, 4) is 11.5 Å². The largest absolute Gasteiger partial charge is 0.508 e. The van der Waals surface area contributed by atoms with Crippen LogP contribution in [-0.2, 0) is 12.8 Å². The number of aliphatic hydroxyl groups is 4. The maximum atomic E-state index is 11.0. The molecule has 4 aliphatic rings. The molecule has 0 radical (unpaired) electrons. The molecule has 2 unspecified atom stereocenters. The van der Waals surface area contributed by atoms with Crippen LogP contribution in [0.4, 0.5) is 0 Å². The fourth-order valence-corrected chi connectivity index (χ4v) is 9.75. The van der Waals surface area contributed by atoms with Crippen LogP contribution in [0.1, 0.15) is 60.1 Å². The summed E-state index contributed by atoms with van der Waals surface area (Å²) < 4.78 is 0. The Morgan fingerprint density at radius 2 is 0.788 bits per heavy atom. The summed E-state index contributed by atoms with van der Waals surface area (Å²) in [5.74, 6) is 2.47. The number of aromatic hydroxyl groups is 2. The fraction of sp³-hybridized carbons (Fsp3) is 0.455. The minimum absolute atomic E-state index is 0.217. The van der Waals surface area contributed by atoms with Gasteiger partial charge < -0.3 is 30.6 Å². The first-order valence-corrected chi connectivity index (χ1v) is 18.9. The van der Waals surface area contributed by atoms with E-state index in [0.717, 1.165) is 75.8 Å². The highest BCUT2D eigenvalue weighted by molar-refractivity contribution is 5.28. The summed E-state index contributed by atoms with van der Waals surface area (Å²) in [4.78, 5) is 4.63. The van der Waals surface area contributed by atoms with Gasteiger partial charge in [0.1, 0.15) is 11.5 Å². The van der Waals surface area contributed by atoms with Crippen LogP contribution in [0.25, 0.3) is 0 Å². The van der Waals surface area contributed by atoms with Gasteiger partial charge in [0.05, 0.1) is 23.4 Å². The van der Waals surface area contributed by atoms with Gasteiger partial charge in [-0.2, -0.15) is 0 Å². The SMILES string of the molecule is Oc1ccc([C@@H](O)CN2C[C@@H]3CC(O)(Cc4ccccc4)C[C@@H]3C2)cc1.Oc1ccc([C@H](O)CN2C[C@@H]3CC(O)(Cc4ccccc4)C[C@@H]3C2)cc1. The number of nitrogens with zero attached hydrogens (tertiary/aromatic N) is 2. The lowest BCUT2D eigenvalue weighted by atomic mass is 9.91.